The molecule has 6 nitrogen and oxygen atoms in total. The molecule has 2 aliphatic heterocycles. The van der Waals surface area contributed by atoms with E-state index in [1.165, 1.54) is 12.1 Å². The van der Waals surface area contributed by atoms with Crippen LogP contribution in [0.2, 0.25) is 0 Å². The van der Waals surface area contributed by atoms with Crippen LogP contribution in [0, 0.1) is 11.2 Å². The Morgan fingerprint density at radius 2 is 1.94 bits per heavy atom. The van der Waals surface area contributed by atoms with Crippen LogP contribution in [0.5, 0.6) is 0 Å². The van der Waals surface area contributed by atoms with Crippen LogP contribution in [-0.2, 0) is 24.8 Å². The number of halogens is 2. The number of carbonyl (C=O) groups is 1. The lowest BCUT2D eigenvalue weighted by Crippen LogP contribution is -2.60. The number of aromatic nitrogens is 1. The largest absolute Gasteiger partial charge is 0.460 e. The second-order valence-electron chi connectivity index (χ2n) is 11.0. The average molecular weight is 528 g/mol. The van der Waals surface area contributed by atoms with Crippen molar-refractivity contribution in [3.8, 4) is 0 Å². The Bertz CT molecular complexity index is 1130. The van der Waals surface area contributed by atoms with Gasteiger partial charge in [0.15, 0.2) is 0 Å². The van der Waals surface area contributed by atoms with Gasteiger partial charge in [-0.25, -0.2) is 17.9 Å². The van der Waals surface area contributed by atoms with Gasteiger partial charge >= 0.3 is 5.97 Å². The number of carbonyl (C=O) groups excluding carboxylic acids is 1. The minimum Gasteiger partial charge on any atom is -0.460 e. The minimum absolute atomic E-state index is 0.0313. The Kier molecular flexibility index (Phi) is 5.45. The number of nitrogens with zero attached hydrogens (tertiary/aromatic N) is 3. The van der Waals surface area contributed by atoms with Crippen molar-refractivity contribution in [3.05, 3.63) is 28.2 Å². The predicted molar refractivity (Wildman–Crippen MR) is 127 cm³/mol. The van der Waals surface area contributed by atoms with E-state index in [2.05, 4.69) is 20.9 Å². The van der Waals surface area contributed by atoms with Gasteiger partial charge in [-0.15, -0.1) is 0 Å². The zero-order chi connectivity index (χ0) is 23.7. The molecule has 9 heteroatoms. The van der Waals surface area contributed by atoms with Gasteiger partial charge in [-0.3, -0.25) is 9.79 Å². The van der Waals surface area contributed by atoms with Gasteiger partial charge in [0.2, 0.25) is 0 Å². The van der Waals surface area contributed by atoms with Crippen LogP contribution in [0.4, 0.5) is 4.39 Å². The monoisotopic (exact) mass is 527 g/mol. The van der Waals surface area contributed by atoms with Crippen LogP contribution in [0.3, 0.4) is 0 Å². The Morgan fingerprint density at radius 3 is 2.53 bits per heavy atom. The number of ether oxygens (including phenoxy) is 1. The average Bonchev–Trinajstić information content (AvgIpc) is 3.42. The van der Waals surface area contributed by atoms with Crippen molar-refractivity contribution >= 4 is 37.3 Å². The van der Waals surface area contributed by atoms with E-state index in [1.54, 1.807) is 27.7 Å². The maximum atomic E-state index is 15.1. The van der Waals surface area contributed by atoms with Crippen molar-refractivity contribution in [2.24, 2.45) is 14.8 Å². The highest BCUT2D eigenvalue weighted by atomic mass is 79.9. The quantitative estimate of drug-likeness (QED) is 0.400. The topological polar surface area (TPSA) is 81.0 Å². The Morgan fingerprint density at radius 1 is 1.28 bits per heavy atom. The summed E-state index contributed by atoms with van der Waals surface area (Å²) in [6.45, 7) is 11.4. The van der Waals surface area contributed by atoms with E-state index >= 15 is 4.39 Å². The van der Waals surface area contributed by atoms with Crippen LogP contribution >= 0.6 is 15.9 Å². The molecule has 1 aromatic rings. The molecule has 0 radical (unpaired) electrons. The first-order valence-electron chi connectivity index (χ1n) is 11.0. The van der Waals surface area contributed by atoms with E-state index in [4.69, 9.17) is 14.1 Å². The lowest BCUT2D eigenvalue weighted by atomic mass is 9.84. The number of esters is 1. The molecule has 1 spiro atoms. The SMILES string of the molecule is CC(C)(C)OC(=O)CC1=N[C@](C)(c2nc(Br)ccc2F)[C@@H]2CC3(CC3)CN=[S@]2(=O)C1(C)C. The molecule has 1 aromatic heterocycles. The van der Waals surface area contributed by atoms with Gasteiger partial charge in [-0.2, -0.15) is 0 Å². The van der Waals surface area contributed by atoms with Crippen molar-refractivity contribution in [2.45, 2.75) is 88.4 Å². The molecule has 3 aliphatic rings. The van der Waals surface area contributed by atoms with E-state index in [0.717, 1.165) is 12.8 Å². The molecular formula is C23H31BrFN3O3S. The van der Waals surface area contributed by atoms with E-state index in [0.29, 0.717) is 23.3 Å². The van der Waals surface area contributed by atoms with E-state index in [1.807, 2.05) is 13.8 Å². The molecule has 1 fully saturated rings. The molecule has 0 N–H and O–H groups in total. The summed E-state index contributed by atoms with van der Waals surface area (Å²) >= 11 is 3.34. The third-order valence-corrected chi connectivity index (χ3v) is 11.0. The summed E-state index contributed by atoms with van der Waals surface area (Å²) in [5.41, 5.74) is -1.28. The van der Waals surface area contributed by atoms with Crippen molar-refractivity contribution in [2.75, 3.05) is 6.54 Å². The molecule has 176 valence electrons. The van der Waals surface area contributed by atoms with E-state index in [-0.39, 0.29) is 17.5 Å². The third-order valence-electron chi connectivity index (χ3n) is 7.00. The summed E-state index contributed by atoms with van der Waals surface area (Å²) in [7, 11) is -2.90. The molecule has 1 aliphatic carbocycles. The van der Waals surface area contributed by atoms with Crippen LogP contribution in [0.25, 0.3) is 0 Å². The van der Waals surface area contributed by atoms with E-state index < -0.39 is 42.7 Å². The molecular weight excluding hydrogens is 497 g/mol. The molecule has 0 amide bonds. The molecule has 4 rings (SSSR count). The Balaban J connectivity index is 1.90. The van der Waals surface area contributed by atoms with Gasteiger partial charge < -0.3 is 4.74 Å². The highest BCUT2D eigenvalue weighted by Crippen LogP contribution is 2.59. The van der Waals surface area contributed by atoms with Gasteiger partial charge in [-0.1, -0.05) is 0 Å². The summed E-state index contributed by atoms with van der Waals surface area (Å²) in [5, 5.41) is -0.500. The number of fused-ring (bicyclic) bond motifs is 1. The standard InChI is InChI=1S/C23H31BrFN3O3S/c1-20(2,3)31-18(29)11-15-21(4,5)32(30)16(12-23(9-10-23)13-26-32)22(6,28-15)19-14(25)7-8-17(24)27-19/h7-8,16H,9-13H2,1-6H3/t16-,22-,32+/m0/s1. The summed E-state index contributed by atoms with van der Waals surface area (Å²) in [6.07, 6.45) is 2.59. The molecule has 0 saturated heterocycles. The third kappa shape index (κ3) is 3.83. The molecule has 0 unspecified atom stereocenters. The van der Waals surface area contributed by atoms with Crippen molar-refractivity contribution < 1.29 is 18.1 Å². The first-order valence-corrected chi connectivity index (χ1v) is 13.3. The maximum absolute atomic E-state index is 15.1. The first kappa shape index (κ1) is 23.8. The number of pyridine rings is 1. The molecule has 0 bridgehead atoms. The number of hydrogen-bond donors (Lipinski definition) is 0. The molecule has 0 aromatic carbocycles. The fraction of sp³-hybridized carbons (Fsp3) is 0.696. The molecule has 32 heavy (non-hydrogen) atoms. The lowest BCUT2D eigenvalue weighted by Gasteiger charge is -2.50. The minimum atomic E-state index is -2.90. The first-order chi connectivity index (χ1) is 14.6. The van der Waals surface area contributed by atoms with Gasteiger partial charge in [0, 0.05) is 5.71 Å². The highest BCUT2D eigenvalue weighted by Gasteiger charge is 2.62. The summed E-state index contributed by atoms with van der Waals surface area (Å²) in [5.74, 6) is -0.960. The van der Waals surface area contributed by atoms with Gasteiger partial charge in [0.25, 0.3) is 0 Å². The van der Waals surface area contributed by atoms with Crippen molar-refractivity contribution in [1.82, 2.24) is 4.98 Å². The van der Waals surface area contributed by atoms with Gasteiger partial charge in [-0.05, 0) is 94.3 Å². The molecule has 1 saturated carbocycles. The smallest absolute Gasteiger partial charge is 0.312 e. The van der Waals surface area contributed by atoms with Gasteiger partial charge in [0.05, 0.1) is 32.7 Å². The van der Waals surface area contributed by atoms with E-state index in [9.17, 15) is 9.00 Å². The lowest BCUT2D eigenvalue weighted by molar-refractivity contribution is -0.153. The zero-order valence-corrected chi connectivity index (χ0v) is 21.9. The fourth-order valence-electron chi connectivity index (χ4n) is 4.86. The zero-order valence-electron chi connectivity index (χ0n) is 19.5. The second kappa shape index (κ2) is 7.32. The normalized spacial score (nSPS) is 32.5. The Hall–Kier alpha value is -1.35. The van der Waals surface area contributed by atoms with Crippen LogP contribution in [0.1, 0.15) is 72.9 Å². The van der Waals surface area contributed by atoms with Crippen LogP contribution in [0.15, 0.2) is 26.1 Å². The number of aliphatic imine (C=N–C) groups is 1. The number of hydrogen-bond acceptors (Lipinski definition) is 6. The van der Waals surface area contributed by atoms with Crippen LogP contribution in [-0.4, -0.2) is 43.0 Å². The number of rotatable bonds is 3. The summed E-state index contributed by atoms with van der Waals surface area (Å²) < 4.78 is 39.6. The van der Waals surface area contributed by atoms with Crippen molar-refractivity contribution in [3.63, 3.8) is 0 Å². The predicted octanol–water partition coefficient (Wildman–Crippen LogP) is 5.18. The highest BCUT2D eigenvalue weighted by molar-refractivity contribution is 9.10. The fourth-order valence-corrected chi connectivity index (χ4v) is 8.67. The van der Waals surface area contributed by atoms with Gasteiger partial charge in [0.1, 0.15) is 27.3 Å². The maximum Gasteiger partial charge on any atom is 0.312 e. The Labute approximate surface area is 198 Å². The van der Waals surface area contributed by atoms with Crippen molar-refractivity contribution in [1.29, 1.82) is 0 Å². The van der Waals surface area contributed by atoms with Crippen LogP contribution < -0.4 is 0 Å². The second-order valence-corrected chi connectivity index (χ2v) is 14.8. The molecule has 3 heterocycles. The summed E-state index contributed by atoms with van der Waals surface area (Å²) in [6, 6.07) is 2.88. The molecule has 3 atom stereocenters. The summed E-state index contributed by atoms with van der Waals surface area (Å²) in [4.78, 5) is 22.2.